The zero-order chi connectivity index (χ0) is 18.8. The second-order valence-corrected chi connectivity index (χ2v) is 17.1. The minimum atomic E-state index is -2.44. The van der Waals surface area contributed by atoms with Crippen LogP contribution in [0.15, 0.2) is 81.0 Å². The number of thioether (sulfide) groups is 1. The van der Waals surface area contributed by atoms with E-state index >= 15 is 0 Å². The van der Waals surface area contributed by atoms with E-state index in [0.717, 1.165) is 0 Å². The molecule has 3 aromatic carbocycles. The Hall–Kier alpha value is -0.347. The molecule has 1 heterocycles. The molecule has 3 aromatic rings. The summed E-state index contributed by atoms with van der Waals surface area (Å²) in [5.41, 5.74) is 9.85. The molecule has 0 bridgehead atoms. The van der Waals surface area contributed by atoms with Crippen molar-refractivity contribution in [2.45, 2.75) is 7.79 Å². The van der Waals surface area contributed by atoms with Gasteiger partial charge in [0, 0.05) is 0 Å². The van der Waals surface area contributed by atoms with Gasteiger partial charge in [0.15, 0.2) is 0 Å². The summed E-state index contributed by atoms with van der Waals surface area (Å²) in [7, 11) is 6.51. The fourth-order valence-electron chi connectivity index (χ4n) is 4.68. The first-order chi connectivity index (χ1) is 13.7. The number of alkyl halides is 1. The Kier molecular flexibility index (Phi) is 6.76. The molecule has 2 aliphatic carbocycles. The van der Waals surface area contributed by atoms with Gasteiger partial charge in [-0.05, 0) is 0 Å². The molecule has 0 amide bonds. The van der Waals surface area contributed by atoms with Crippen molar-refractivity contribution in [1.29, 1.82) is 0 Å². The second-order valence-electron chi connectivity index (χ2n) is 7.29. The molecular formula is C24H15BrCl2S2Zr. The molecule has 0 aromatic heterocycles. The van der Waals surface area contributed by atoms with Crippen LogP contribution in [-0.2, 0) is 19.7 Å². The number of allylic oxidation sites excluding steroid dienone is 1. The van der Waals surface area contributed by atoms with Crippen LogP contribution < -0.4 is 24.8 Å². The van der Waals surface area contributed by atoms with Crippen molar-refractivity contribution in [1.82, 2.24) is 0 Å². The van der Waals surface area contributed by atoms with Crippen molar-refractivity contribution < 1.29 is 44.5 Å². The van der Waals surface area contributed by atoms with Crippen molar-refractivity contribution in [3.05, 3.63) is 103 Å². The SMILES string of the molecule is [Cl-].[Cl-].[S]=[Zr+2]([C]1=C2C(=Cc3ccccc32)SC1Br)[CH]1c2ccccc2-c2ccccc21. The number of benzene rings is 3. The van der Waals surface area contributed by atoms with Crippen LogP contribution in [0.25, 0.3) is 22.8 Å². The van der Waals surface area contributed by atoms with E-state index in [2.05, 4.69) is 94.8 Å². The Balaban J connectivity index is 0.00000109. The van der Waals surface area contributed by atoms with E-state index in [1.165, 1.54) is 43.9 Å². The minimum absolute atomic E-state index is 0. The van der Waals surface area contributed by atoms with Gasteiger partial charge in [0.25, 0.3) is 0 Å². The van der Waals surface area contributed by atoms with E-state index in [4.69, 9.17) is 8.86 Å². The van der Waals surface area contributed by atoms with Gasteiger partial charge in [0.1, 0.15) is 0 Å². The summed E-state index contributed by atoms with van der Waals surface area (Å²) in [6.07, 6.45) is 2.35. The molecule has 30 heavy (non-hydrogen) atoms. The Morgan fingerprint density at radius 1 is 0.767 bits per heavy atom. The van der Waals surface area contributed by atoms with Crippen LogP contribution in [0.3, 0.4) is 0 Å². The second kappa shape index (κ2) is 8.89. The Morgan fingerprint density at radius 2 is 1.30 bits per heavy atom. The van der Waals surface area contributed by atoms with Crippen molar-refractivity contribution in [3.63, 3.8) is 0 Å². The van der Waals surface area contributed by atoms with Gasteiger partial charge in [-0.15, -0.1) is 0 Å². The van der Waals surface area contributed by atoms with Gasteiger partial charge in [0.2, 0.25) is 0 Å². The summed E-state index contributed by atoms with van der Waals surface area (Å²) in [6, 6.07) is 26.6. The van der Waals surface area contributed by atoms with Crippen LogP contribution in [-0.4, -0.2) is 4.16 Å². The summed E-state index contributed by atoms with van der Waals surface area (Å²) >= 11 is 3.49. The molecule has 148 valence electrons. The van der Waals surface area contributed by atoms with Crippen LogP contribution in [0.1, 0.15) is 25.9 Å². The van der Waals surface area contributed by atoms with Gasteiger partial charge in [-0.25, -0.2) is 0 Å². The number of hydrogen-bond acceptors (Lipinski definition) is 2. The number of hydrogen-bond donors (Lipinski definition) is 0. The molecule has 0 N–H and O–H groups in total. The van der Waals surface area contributed by atoms with Crippen LogP contribution in [0.4, 0.5) is 0 Å². The third kappa shape index (κ3) is 3.34. The molecule has 6 rings (SSSR count). The fraction of sp³-hybridized carbons (Fsp3) is 0.0833. The van der Waals surface area contributed by atoms with Gasteiger partial charge < -0.3 is 24.8 Å². The monoisotopic (exact) mass is 606 g/mol. The summed E-state index contributed by atoms with van der Waals surface area (Å²) in [4.78, 5) is 1.40. The first-order valence-corrected chi connectivity index (χ1v) is 17.2. The zero-order valence-electron chi connectivity index (χ0n) is 15.6. The molecule has 0 spiro atoms. The molecule has 0 saturated carbocycles. The third-order valence-electron chi connectivity index (χ3n) is 5.85. The van der Waals surface area contributed by atoms with Gasteiger partial charge in [-0.2, -0.15) is 0 Å². The van der Waals surface area contributed by atoms with Gasteiger partial charge >= 0.3 is 190 Å². The summed E-state index contributed by atoms with van der Waals surface area (Å²) in [5, 5.41) is 0. The molecular weight excluding hydrogens is 594 g/mol. The molecule has 1 aliphatic heterocycles. The molecule has 0 fully saturated rings. The van der Waals surface area contributed by atoms with Crippen LogP contribution in [0.2, 0.25) is 0 Å². The van der Waals surface area contributed by atoms with Crippen molar-refractivity contribution in [2.75, 3.05) is 0 Å². The number of rotatable bonds is 2. The Labute approximate surface area is 212 Å². The zero-order valence-corrected chi connectivity index (χ0v) is 22.8. The van der Waals surface area contributed by atoms with Gasteiger partial charge in [0.05, 0.1) is 0 Å². The van der Waals surface area contributed by atoms with Crippen LogP contribution in [0, 0.1) is 0 Å². The molecule has 1 unspecified atom stereocenters. The maximum atomic E-state index is 6.51. The third-order valence-corrected chi connectivity index (χ3v) is 17.6. The maximum absolute atomic E-state index is 6.51. The standard InChI is InChI=1S/C13H9.C11H6BrS.2ClH.S.Zr/c1-3-7-12-10(5-1)9-11-6-2-4-8-13(11)12;12-11-6-9-8-4-2-1-3-7(8)5-10(9)13-11;;;;/h1-9H;1-5,11H;2*1H;;/q;;;;;+2/p-2. The van der Waals surface area contributed by atoms with Crippen molar-refractivity contribution in [2.24, 2.45) is 0 Å². The quantitative estimate of drug-likeness (QED) is 0.407. The van der Waals surface area contributed by atoms with E-state index in [1.54, 1.807) is 3.28 Å². The van der Waals surface area contributed by atoms with Crippen LogP contribution in [0.5, 0.6) is 0 Å². The molecule has 6 heteroatoms. The molecule has 0 nitrogen and oxygen atoms in total. The van der Waals surface area contributed by atoms with E-state index in [0.29, 0.717) is 7.79 Å². The predicted molar refractivity (Wildman–Crippen MR) is 123 cm³/mol. The van der Waals surface area contributed by atoms with Crippen LogP contribution >= 0.6 is 36.5 Å². The summed E-state index contributed by atoms with van der Waals surface area (Å²) < 4.78 is 2.30. The van der Waals surface area contributed by atoms with Gasteiger partial charge in [-0.1, -0.05) is 0 Å². The van der Waals surface area contributed by atoms with Crippen molar-refractivity contribution in [3.8, 4) is 11.1 Å². The average Bonchev–Trinajstić information content (AvgIpc) is 3.34. The fourth-order valence-corrected chi connectivity index (χ4v) is 18.7. The summed E-state index contributed by atoms with van der Waals surface area (Å²) in [6.45, 7) is 0. The summed E-state index contributed by atoms with van der Waals surface area (Å²) in [5.74, 6) is 0. The average molecular weight is 610 g/mol. The van der Waals surface area contributed by atoms with E-state index in [1.807, 2.05) is 11.8 Å². The van der Waals surface area contributed by atoms with E-state index in [-0.39, 0.29) is 24.8 Å². The van der Waals surface area contributed by atoms with Crippen molar-refractivity contribution >= 4 is 48.2 Å². The number of fused-ring (bicyclic) bond motifs is 6. The molecule has 0 saturated heterocycles. The van der Waals surface area contributed by atoms with E-state index in [9.17, 15) is 0 Å². The Morgan fingerprint density at radius 3 is 1.93 bits per heavy atom. The first-order valence-electron chi connectivity index (χ1n) is 9.33. The predicted octanol–water partition coefficient (Wildman–Crippen LogP) is 1.73. The number of halogens is 3. The topological polar surface area (TPSA) is 0 Å². The Bertz CT molecular complexity index is 1210. The molecule has 1 atom stereocenters. The molecule has 0 radical (unpaired) electrons. The van der Waals surface area contributed by atoms with Gasteiger partial charge in [-0.3, -0.25) is 0 Å². The normalized spacial score (nSPS) is 17.6. The van der Waals surface area contributed by atoms with E-state index < -0.39 is 19.7 Å². The first kappa shape index (κ1) is 22.8. The molecule has 3 aliphatic rings.